The van der Waals surface area contributed by atoms with Crippen molar-refractivity contribution in [3.05, 3.63) is 12.4 Å². The summed E-state index contributed by atoms with van der Waals surface area (Å²) in [6, 6.07) is 0. The highest BCUT2D eigenvalue weighted by atomic mass is 16.5. The molecule has 1 aromatic rings. The van der Waals surface area contributed by atoms with Gasteiger partial charge >= 0.3 is 0 Å². The van der Waals surface area contributed by atoms with Crippen LogP contribution in [0.3, 0.4) is 0 Å². The highest BCUT2D eigenvalue weighted by molar-refractivity contribution is 5.42. The van der Waals surface area contributed by atoms with Crippen LogP contribution in [0.5, 0.6) is 0 Å². The Morgan fingerprint density at radius 3 is 3.33 bits per heavy atom. The number of morpholine rings is 1. The molecule has 4 heteroatoms. The third kappa shape index (κ3) is 1.43. The second-order valence-electron chi connectivity index (χ2n) is 3.08. The summed E-state index contributed by atoms with van der Waals surface area (Å²) in [7, 11) is 0. The second kappa shape index (κ2) is 3.15. The fourth-order valence-electron chi connectivity index (χ4n) is 1.47. The highest BCUT2D eigenvalue weighted by Crippen LogP contribution is 2.14. The molecule has 2 heterocycles. The van der Waals surface area contributed by atoms with Crippen LogP contribution in [0.1, 0.15) is 6.92 Å². The summed E-state index contributed by atoms with van der Waals surface area (Å²) in [5, 5.41) is 6.72. The number of nitrogens with one attached hydrogen (secondary N) is 1. The number of rotatable bonds is 1. The summed E-state index contributed by atoms with van der Waals surface area (Å²) >= 11 is 0. The van der Waals surface area contributed by atoms with Gasteiger partial charge in [0.05, 0.1) is 24.6 Å². The van der Waals surface area contributed by atoms with Crippen LogP contribution in [0.15, 0.2) is 12.4 Å². The van der Waals surface area contributed by atoms with E-state index in [1.165, 1.54) is 0 Å². The zero-order valence-corrected chi connectivity index (χ0v) is 7.16. The molecule has 1 saturated heterocycles. The van der Waals surface area contributed by atoms with Gasteiger partial charge in [0.2, 0.25) is 0 Å². The molecular formula is C8H13N3O. The average molecular weight is 167 g/mol. The first kappa shape index (κ1) is 7.61. The van der Waals surface area contributed by atoms with E-state index in [1.54, 1.807) is 0 Å². The molecule has 0 bridgehead atoms. The van der Waals surface area contributed by atoms with Crippen molar-refractivity contribution in [2.24, 2.45) is 0 Å². The normalized spacial score (nSPS) is 24.4. The van der Waals surface area contributed by atoms with Crippen LogP contribution in [0.25, 0.3) is 0 Å². The van der Waals surface area contributed by atoms with Crippen molar-refractivity contribution in [1.82, 2.24) is 10.2 Å². The van der Waals surface area contributed by atoms with Gasteiger partial charge < -0.3 is 9.64 Å². The smallest absolute Gasteiger partial charge is 0.0751 e. The van der Waals surface area contributed by atoms with Gasteiger partial charge in [-0.3, -0.25) is 5.10 Å². The summed E-state index contributed by atoms with van der Waals surface area (Å²) in [6.45, 7) is 4.82. The maximum atomic E-state index is 5.43. The van der Waals surface area contributed by atoms with Crippen molar-refractivity contribution in [1.29, 1.82) is 0 Å². The summed E-state index contributed by atoms with van der Waals surface area (Å²) in [5.41, 5.74) is 1.16. The van der Waals surface area contributed by atoms with Crippen LogP contribution in [0.2, 0.25) is 0 Å². The molecule has 0 saturated carbocycles. The Balaban J connectivity index is 2.04. The van der Waals surface area contributed by atoms with Crippen LogP contribution in [-0.2, 0) is 4.74 Å². The molecule has 1 atom stereocenters. The summed E-state index contributed by atoms with van der Waals surface area (Å²) < 4.78 is 5.43. The largest absolute Gasteiger partial charge is 0.375 e. The van der Waals surface area contributed by atoms with Crippen LogP contribution in [-0.4, -0.2) is 36.0 Å². The monoisotopic (exact) mass is 167 g/mol. The fraction of sp³-hybridized carbons (Fsp3) is 0.625. The molecule has 0 aromatic carbocycles. The Labute approximate surface area is 71.5 Å². The van der Waals surface area contributed by atoms with E-state index in [1.807, 2.05) is 12.4 Å². The Kier molecular flexibility index (Phi) is 1.99. The molecule has 1 N–H and O–H groups in total. The Morgan fingerprint density at radius 2 is 2.67 bits per heavy atom. The van der Waals surface area contributed by atoms with Gasteiger partial charge in [0, 0.05) is 19.3 Å². The molecule has 0 radical (unpaired) electrons. The van der Waals surface area contributed by atoms with Gasteiger partial charge in [0.25, 0.3) is 0 Å². The molecule has 2 rings (SSSR count). The summed E-state index contributed by atoms with van der Waals surface area (Å²) in [4.78, 5) is 2.28. The van der Waals surface area contributed by atoms with Crippen molar-refractivity contribution >= 4 is 5.69 Å². The lowest BCUT2D eigenvalue weighted by atomic mass is 10.3. The number of aromatic nitrogens is 2. The number of hydrogen-bond acceptors (Lipinski definition) is 3. The summed E-state index contributed by atoms with van der Waals surface area (Å²) in [6.07, 6.45) is 4.09. The maximum absolute atomic E-state index is 5.43. The van der Waals surface area contributed by atoms with Gasteiger partial charge in [-0.25, -0.2) is 0 Å². The van der Waals surface area contributed by atoms with Gasteiger partial charge in [-0.1, -0.05) is 0 Å². The highest BCUT2D eigenvalue weighted by Gasteiger charge is 2.16. The van der Waals surface area contributed by atoms with Crippen LogP contribution in [0.4, 0.5) is 5.69 Å². The molecule has 66 valence electrons. The maximum Gasteiger partial charge on any atom is 0.0751 e. The molecule has 1 aromatic heterocycles. The standard InChI is InChI=1S/C8H13N3O/c1-7-6-11(2-3-12-7)8-4-9-10-5-8/h4-5,7H,2-3,6H2,1H3,(H,9,10). The van der Waals surface area contributed by atoms with Crippen molar-refractivity contribution in [2.75, 3.05) is 24.6 Å². The minimum atomic E-state index is 0.327. The predicted molar refractivity (Wildman–Crippen MR) is 46.2 cm³/mol. The lowest BCUT2D eigenvalue weighted by Crippen LogP contribution is -2.40. The third-order valence-corrected chi connectivity index (χ3v) is 2.09. The minimum Gasteiger partial charge on any atom is -0.375 e. The Hall–Kier alpha value is -1.03. The number of hydrogen-bond donors (Lipinski definition) is 1. The first-order valence-corrected chi connectivity index (χ1v) is 4.21. The van der Waals surface area contributed by atoms with Crippen LogP contribution in [0, 0.1) is 0 Å². The van der Waals surface area contributed by atoms with Gasteiger partial charge in [-0.05, 0) is 6.92 Å². The van der Waals surface area contributed by atoms with E-state index in [0.29, 0.717) is 6.10 Å². The molecule has 12 heavy (non-hydrogen) atoms. The number of anilines is 1. The Morgan fingerprint density at radius 1 is 1.75 bits per heavy atom. The van der Waals surface area contributed by atoms with E-state index in [4.69, 9.17) is 4.74 Å². The van der Waals surface area contributed by atoms with Crippen molar-refractivity contribution in [3.8, 4) is 0 Å². The zero-order valence-electron chi connectivity index (χ0n) is 7.16. The third-order valence-electron chi connectivity index (χ3n) is 2.09. The van der Waals surface area contributed by atoms with Gasteiger partial charge in [0.15, 0.2) is 0 Å². The lowest BCUT2D eigenvalue weighted by molar-refractivity contribution is 0.0532. The molecule has 1 aliphatic rings. The first-order chi connectivity index (χ1) is 5.86. The van der Waals surface area contributed by atoms with E-state index in [-0.39, 0.29) is 0 Å². The average Bonchev–Trinajstić information content (AvgIpc) is 2.56. The van der Waals surface area contributed by atoms with Crippen molar-refractivity contribution in [3.63, 3.8) is 0 Å². The van der Waals surface area contributed by atoms with Crippen molar-refractivity contribution in [2.45, 2.75) is 13.0 Å². The quantitative estimate of drug-likeness (QED) is 0.667. The predicted octanol–water partition coefficient (Wildman–Crippen LogP) is 0.635. The SMILES string of the molecule is CC1CN(c2cn[nH]c2)CCO1. The molecule has 0 spiro atoms. The summed E-state index contributed by atoms with van der Waals surface area (Å²) in [5.74, 6) is 0. The van der Waals surface area contributed by atoms with E-state index < -0.39 is 0 Å². The molecule has 4 nitrogen and oxygen atoms in total. The number of nitrogens with zero attached hydrogens (tertiary/aromatic N) is 2. The zero-order chi connectivity index (χ0) is 8.39. The number of aromatic amines is 1. The van der Waals surface area contributed by atoms with E-state index >= 15 is 0 Å². The lowest BCUT2D eigenvalue weighted by Gasteiger charge is -2.31. The second-order valence-corrected chi connectivity index (χ2v) is 3.08. The van der Waals surface area contributed by atoms with Gasteiger partial charge in [-0.2, -0.15) is 5.10 Å². The van der Waals surface area contributed by atoms with Crippen LogP contribution >= 0.6 is 0 Å². The van der Waals surface area contributed by atoms with Gasteiger partial charge in [0.1, 0.15) is 0 Å². The molecule has 1 aliphatic heterocycles. The minimum absolute atomic E-state index is 0.327. The fourth-order valence-corrected chi connectivity index (χ4v) is 1.47. The first-order valence-electron chi connectivity index (χ1n) is 4.21. The van der Waals surface area contributed by atoms with Gasteiger partial charge in [-0.15, -0.1) is 0 Å². The molecular weight excluding hydrogens is 154 g/mol. The molecule has 1 unspecified atom stereocenters. The Bertz CT molecular complexity index is 234. The number of ether oxygens (including phenoxy) is 1. The topological polar surface area (TPSA) is 41.2 Å². The van der Waals surface area contributed by atoms with E-state index in [9.17, 15) is 0 Å². The molecule has 0 amide bonds. The molecule has 0 aliphatic carbocycles. The number of H-pyrrole nitrogens is 1. The molecule has 1 fully saturated rings. The van der Waals surface area contributed by atoms with Crippen molar-refractivity contribution < 1.29 is 4.74 Å². The van der Waals surface area contributed by atoms with Crippen LogP contribution < -0.4 is 4.90 Å². The van der Waals surface area contributed by atoms with E-state index in [2.05, 4.69) is 22.0 Å². The van der Waals surface area contributed by atoms with E-state index in [0.717, 1.165) is 25.4 Å².